The van der Waals surface area contributed by atoms with Gasteiger partial charge in [-0.05, 0) is 81.5 Å². The van der Waals surface area contributed by atoms with Gasteiger partial charge in [0, 0.05) is 13.2 Å². The molecule has 0 aliphatic carbocycles. The van der Waals surface area contributed by atoms with Crippen LogP contribution in [0.2, 0.25) is 0 Å². The average Bonchev–Trinajstić information content (AvgIpc) is 2.60. The number of nitrogens with one attached hydrogen (secondary N) is 1. The van der Waals surface area contributed by atoms with E-state index in [1.54, 1.807) is 7.11 Å². The predicted molar refractivity (Wildman–Crippen MR) is 110 cm³/mol. The number of ether oxygens (including phenoxy) is 2. The topological polar surface area (TPSA) is 30.5 Å². The van der Waals surface area contributed by atoms with Gasteiger partial charge in [-0.3, -0.25) is 0 Å². The number of rotatable bonds is 10. The van der Waals surface area contributed by atoms with Gasteiger partial charge >= 0.3 is 0 Å². The molecule has 0 saturated carbocycles. The molecule has 3 heteroatoms. The Hall–Kier alpha value is -1.06. The van der Waals surface area contributed by atoms with Crippen LogP contribution in [0.3, 0.4) is 0 Å². The van der Waals surface area contributed by atoms with Crippen molar-refractivity contribution in [3.8, 4) is 5.75 Å². The van der Waals surface area contributed by atoms with Crippen LogP contribution in [0.5, 0.6) is 5.75 Å². The van der Waals surface area contributed by atoms with Crippen LogP contribution in [-0.4, -0.2) is 25.9 Å². The van der Waals surface area contributed by atoms with Crippen LogP contribution in [0.25, 0.3) is 0 Å². The van der Waals surface area contributed by atoms with E-state index < -0.39 is 0 Å². The maximum Gasteiger partial charge on any atom is 0.118 e. The normalized spacial score (nSPS) is 20.9. The second kappa shape index (κ2) is 10.3. The SMILES string of the molecule is COc1ccc(CNCC[C@H](CCC(C)C)[C@@H]2CCOC(C)(C)C2)cc1. The van der Waals surface area contributed by atoms with Crippen LogP contribution >= 0.6 is 0 Å². The smallest absolute Gasteiger partial charge is 0.118 e. The summed E-state index contributed by atoms with van der Waals surface area (Å²) in [5, 5.41) is 3.65. The third-order valence-corrected chi connectivity index (χ3v) is 5.70. The monoisotopic (exact) mass is 361 g/mol. The quantitative estimate of drug-likeness (QED) is 0.563. The van der Waals surface area contributed by atoms with Gasteiger partial charge in [-0.1, -0.05) is 32.4 Å². The van der Waals surface area contributed by atoms with E-state index in [-0.39, 0.29) is 5.60 Å². The zero-order chi connectivity index (χ0) is 19.0. The lowest BCUT2D eigenvalue weighted by Crippen LogP contribution is -2.37. The molecule has 1 saturated heterocycles. The van der Waals surface area contributed by atoms with Crippen molar-refractivity contribution in [2.24, 2.45) is 17.8 Å². The minimum absolute atomic E-state index is 0.0511. The van der Waals surface area contributed by atoms with Gasteiger partial charge in [0.2, 0.25) is 0 Å². The number of hydrogen-bond donors (Lipinski definition) is 1. The third kappa shape index (κ3) is 7.28. The lowest BCUT2D eigenvalue weighted by Gasteiger charge is -2.39. The molecule has 0 amide bonds. The lowest BCUT2D eigenvalue weighted by atomic mass is 9.75. The molecule has 1 aromatic rings. The molecule has 1 aliphatic heterocycles. The van der Waals surface area contributed by atoms with Gasteiger partial charge in [-0.2, -0.15) is 0 Å². The van der Waals surface area contributed by atoms with E-state index in [0.29, 0.717) is 0 Å². The van der Waals surface area contributed by atoms with E-state index in [9.17, 15) is 0 Å². The van der Waals surface area contributed by atoms with Crippen molar-refractivity contribution in [3.63, 3.8) is 0 Å². The van der Waals surface area contributed by atoms with E-state index in [0.717, 1.165) is 43.2 Å². The molecule has 0 radical (unpaired) electrons. The van der Waals surface area contributed by atoms with Crippen molar-refractivity contribution in [1.29, 1.82) is 0 Å². The Morgan fingerprint density at radius 3 is 2.50 bits per heavy atom. The molecule has 0 unspecified atom stereocenters. The molecular weight excluding hydrogens is 322 g/mol. The summed E-state index contributed by atoms with van der Waals surface area (Å²) < 4.78 is 11.2. The van der Waals surface area contributed by atoms with Crippen LogP contribution in [0.15, 0.2) is 24.3 Å². The van der Waals surface area contributed by atoms with Gasteiger partial charge in [0.05, 0.1) is 12.7 Å². The van der Waals surface area contributed by atoms with Crippen molar-refractivity contribution in [2.75, 3.05) is 20.3 Å². The Kier molecular flexibility index (Phi) is 8.43. The van der Waals surface area contributed by atoms with Gasteiger partial charge in [-0.15, -0.1) is 0 Å². The Balaban J connectivity index is 1.81. The van der Waals surface area contributed by atoms with Gasteiger partial charge in [-0.25, -0.2) is 0 Å². The van der Waals surface area contributed by atoms with Crippen molar-refractivity contribution < 1.29 is 9.47 Å². The molecule has 2 atom stereocenters. The first-order chi connectivity index (χ1) is 12.4. The Morgan fingerprint density at radius 1 is 1.15 bits per heavy atom. The summed E-state index contributed by atoms with van der Waals surface area (Å²) in [6.45, 7) is 12.1. The van der Waals surface area contributed by atoms with Gasteiger partial charge < -0.3 is 14.8 Å². The summed E-state index contributed by atoms with van der Waals surface area (Å²) in [6.07, 6.45) is 6.38. The summed E-state index contributed by atoms with van der Waals surface area (Å²) in [5.74, 6) is 3.33. The minimum Gasteiger partial charge on any atom is -0.497 e. The van der Waals surface area contributed by atoms with E-state index in [4.69, 9.17) is 9.47 Å². The highest BCUT2D eigenvalue weighted by molar-refractivity contribution is 5.26. The first kappa shape index (κ1) is 21.2. The molecule has 0 spiro atoms. The fourth-order valence-corrected chi connectivity index (χ4v) is 4.11. The maximum absolute atomic E-state index is 5.95. The highest BCUT2D eigenvalue weighted by Crippen LogP contribution is 2.37. The summed E-state index contributed by atoms with van der Waals surface area (Å²) in [4.78, 5) is 0. The molecule has 3 nitrogen and oxygen atoms in total. The number of hydrogen-bond acceptors (Lipinski definition) is 3. The molecule has 0 bridgehead atoms. The number of benzene rings is 1. The Bertz CT molecular complexity index is 509. The second-order valence-corrected chi connectivity index (χ2v) is 8.91. The molecule has 1 N–H and O–H groups in total. The zero-order valence-electron chi connectivity index (χ0n) is 17.5. The summed E-state index contributed by atoms with van der Waals surface area (Å²) in [5.41, 5.74) is 1.37. The largest absolute Gasteiger partial charge is 0.497 e. The van der Waals surface area contributed by atoms with Crippen molar-refractivity contribution in [3.05, 3.63) is 29.8 Å². The van der Waals surface area contributed by atoms with Crippen molar-refractivity contribution in [2.45, 2.75) is 71.9 Å². The van der Waals surface area contributed by atoms with Crippen LogP contribution in [0.1, 0.15) is 65.4 Å². The summed E-state index contributed by atoms with van der Waals surface area (Å²) >= 11 is 0. The van der Waals surface area contributed by atoms with E-state index >= 15 is 0 Å². The minimum atomic E-state index is 0.0511. The highest BCUT2D eigenvalue weighted by atomic mass is 16.5. The van der Waals surface area contributed by atoms with Crippen LogP contribution in [-0.2, 0) is 11.3 Å². The van der Waals surface area contributed by atoms with Crippen LogP contribution in [0, 0.1) is 17.8 Å². The zero-order valence-corrected chi connectivity index (χ0v) is 17.5. The molecular formula is C23H39NO2. The number of methoxy groups -OCH3 is 1. The fourth-order valence-electron chi connectivity index (χ4n) is 4.11. The van der Waals surface area contributed by atoms with Gasteiger partial charge in [0.15, 0.2) is 0 Å². The average molecular weight is 362 g/mol. The summed E-state index contributed by atoms with van der Waals surface area (Å²) in [7, 11) is 1.71. The summed E-state index contributed by atoms with van der Waals surface area (Å²) in [6, 6.07) is 8.35. The molecule has 1 fully saturated rings. The van der Waals surface area contributed by atoms with Crippen molar-refractivity contribution >= 4 is 0 Å². The second-order valence-electron chi connectivity index (χ2n) is 8.91. The molecule has 1 aliphatic rings. The predicted octanol–water partition coefficient (Wildman–Crippen LogP) is 5.43. The first-order valence-corrected chi connectivity index (χ1v) is 10.4. The fraction of sp³-hybridized carbons (Fsp3) is 0.739. The van der Waals surface area contributed by atoms with Gasteiger partial charge in [0.25, 0.3) is 0 Å². The van der Waals surface area contributed by atoms with Gasteiger partial charge in [0.1, 0.15) is 5.75 Å². The third-order valence-electron chi connectivity index (χ3n) is 5.70. The van der Waals surface area contributed by atoms with Crippen LogP contribution < -0.4 is 10.1 Å². The molecule has 1 heterocycles. The molecule has 148 valence electrons. The van der Waals surface area contributed by atoms with E-state index in [1.165, 1.54) is 37.7 Å². The lowest BCUT2D eigenvalue weighted by molar-refractivity contribution is -0.0839. The Labute approximate surface area is 160 Å². The highest BCUT2D eigenvalue weighted by Gasteiger charge is 2.33. The standard InChI is InChI=1S/C23H39NO2/c1-18(2)6-9-20(21-13-15-26-23(3,4)16-21)12-14-24-17-19-7-10-22(25-5)11-8-19/h7-8,10-11,18,20-21,24H,6,9,12-17H2,1-5H3/t20-,21+/m0/s1. The van der Waals surface area contributed by atoms with E-state index in [1.807, 2.05) is 12.1 Å². The van der Waals surface area contributed by atoms with E-state index in [2.05, 4.69) is 45.1 Å². The van der Waals surface area contributed by atoms with Crippen molar-refractivity contribution in [1.82, 2.24) is 5.32 Å². The maximum atomic E-state index is 5.95. The molecule has 1 aromatic carbocycles. The molecule has 26 heavy (non-hydrogen) atoms. The molecule has 0 aromatic heterocycles. The molecule has 2 rings (SSSR count). The van der Waals surface area contributed by atoms with Crippen LogP contribution in [0.4, 0.5) is 0 Å². The first-order valence-electron chi connectivity index (χ1n) is 10.4. The Morgan fingerprint density at radius 2 is 1.88 bits per heavy atom.